The minimum Gasteiger partial charge on any atom is -0.466 e. The van der Waals surface area contributed by atoms with Crippen molar-refractivity contribution in [3.05, 3.63) is 60.7 Å². The maximum absolute atomic E-state index is 12.2. The molecule has 0 aliphatic carbocycles. The molecule has 0 N–H and O–H groups in total. The van der Waals surface area contributed by atoms with E-state index < -0.39 is 11.8 Å². The minimum absolute atomic E-state index is 0.315. The fraction of sp³-hybridized carbons (Fsp3) is 0.450. The van der Waals surface area contributed by atoms with E-state index in [1.165, 1.54) is 7.11 Å². The van der Waals surface area contributed by atoms with Gasteiger partial charge >= 0.3 is 5.97 Å². The van der Waals surface area contributed by atoms with Crippen LogP contribution in [-0.2, 0) is 25.5 Å². The number of nitrogens with zero attached hydrogens (tertiary/aromatic N) is 1. The Kier molecular flexibility index (Phi) is 6.53. The molecule has 2 rings (SSSR count). The van der Waals surface area contributed by atoms with Gasteiger partial charge in [-0.1, -0.05) is 43.0 Å². The molecular formula is C20H27NO4. The standard InChI is InChI=1S/C20H27NO4/c1-6-12-21(13-16-10-8-7-9-11-16)18(15(2)19(22)23-5)17-14-24-20(3,4)25-17/h6-11,17-18H,1-2,12-14H2,3-5H3/t17-,18-/m1/s1. The van der Waals surface area contributed by atoms with Crippen molar-refractivity contribution in [2.24, 2.45) is 0 Å². The van der Waals surface area contributed by atoms with Gasteiger partial charge in [-0.2, -0.15) is 0 Å². The van der Waals surface area contributed by atoms with Gasteiger partial charge in [-0.3, -0.25) is 4.90 Å². The number of carbonyl (C=O) groups is 1. The summed E-state index contributed by atoms with van der Waals surface area (Å²) in [5, 5.41) is 0. The number of hydrogen-bond acceptors (Lipinski definition) is 5. The van der Waals surface area contributed by atoms with Gasteiger partial charge in [0.1, 0.15) is 6.10 Å². The predicted molar refractivity (Wildman–Crippen MR) is 96.9 cm³/mol. The molecule has 0 unspecified atom stereocenters. The summed E-state index contributed by atoms with van der Waals surface area (Å²) in [5.74, 6) is -1.13. The molecule has 0 spiro atoms. The Morgan fingerprint density at radius 1 is 1.44 bits per heavy atom. The van der Waals surface area contributed by atoms with Crippen LogP contribution in [0.15, 0.2) is 55.1 Å². The van der Waals surface area contributed by atoms with Crippen LogP contribution in [0.2, 0.25) is 0 Å². The number of ether oxygens (including phenoxy) is 3. The normalized spacial score (nSPS) is 20.2. The first-order valence-corrected chi connectivity index (χ1v) is 8.35. The van der Waals surface area contributed by atoms with Crippen molar-refractivity contribution >= 4 is 5.97 Å². The molecule has 1 aliphatic heterocycles. The van der Waals surface area contributed by atoms with Crippen molar-refractivity contribution in [3.8, 4) is 0 Å². The van der Waals surface area contributed by atoms with E-state index in [1.807, 2.05) is 44.2 Å². The Hall–Kier alpha value is -1.95. The average Bonchev–Trinajstić information content (AvgIpc) is 2.94. The fourth-order valence-corrected chi connectivity index (χ4v) is 3.06. The number of esters is 1. The third-order valence-electron chi connectivity index (χ3n) is 4.17. The SMILES string of the molecule is C=CCN(Cc1ccccc1)[C@H](C(=C)C(=O)OC)[C@H]1COC(C)(C)O1. The first-order chi connectivity index (χ1) is 11.9. The van der Waals surface area contributed by atoms with Crippen molar-refractivity contribution in [2.45, 2.75) is 38.3 Å². The van der Waals surface area contributed by atoms with Crippen molar-refractivity contribution in [1.82, 2.24) is 4.90 Å². The lowest BCUT2D eigenvalue weighted by atomic mass is 10.00. The van der Waals surface area contributed by atoms with Gasteiger partial charge in [0.25, 0.3) is 0 Å². The van der Waals surface area contributed by atoms with Gasteiger partial charge in [0.05, 0.1) is 19.8 Å². The summed E-state index contributed by atoms with van der Waals surface area (Å²) in [7, 11) is 1.36. The molecule has 5 nitrogen and oxygen atoms in total. The first kappa shape index (κ1) is 19.4. The molecular weight excluding hydrogens is 318 g/mol. The van der Waals surface area contributed by atoms with E-state index in [2.05, 4.69) is 18.1 Å². The smallest absolute Gasteiger partial charge is 0.334 e. The Labute approximate surface area is 149 Å². The highest BCUT2D eigenvalue weighted by molar-refractivity contribution is 5.89. The zero-order chi connectivity index (χ0) is 18.4. The van der Waals surface area contributed by atoms with Crippen LogP contribution in [0.25, 0.3) is 0 Å². The highest BCUT2D eigenvalue weighted by atomic mass is 16.7. The number of hydrogen-bond donors (Lipinski definition) is 0. The summed E-state index contributed by atoms with van der Waals surface area (Å²) in [6, 6.07) is 9.68. The Bertz CT molecular complexity index is 611. The van der Waals surface area contributed by atoms with Gasteiger partial charge in [0.15, 0.2) is 5.79 Å². The molecule has 1 aliphatic rings. The molecule has 0 saturated carbocycles. The largest absolute Gasteiger partial charge is 0.466 e. The molecule has 2 atom stereocenters. The zero-order valence-corrected chi connectivity index (χ0v) is 15.2. The van der Waals surface area contributed by atoms with Gasteiger partial charge < -0.3 is 14.2 Å². The predicted octanol–water partition coefficient (Wildman–Crippen LogP) is 2.92. The van der Waals surface area contributed by atoms with Crippen molar-refractivity contribution in [1.29, 1.82) is 0 Å². The molecule has 0 aromatic heterocycles. The number of rotatable bonds is 8. The van der Waals surface area contributed by atoms with Crippen LogP contribution < -0.4 is 0 Å². The molecule has 0 bridgehead atoms. The Morgan fingerprint density at radius 3 is 2.64 bits per heavy atom. The second kappa shape index (κ2) is 8.43. The fourth-order valence-electron chi connectivity index (χ4n) is 3.06. The first-order valence-electron chi connectivity index (χ1n) is 8.35. The number of benzene rings is 1. The molecule has 0 radical (unpaired) electrons. The molecule has 1 saturated heterocycles. The van der Waals surface area contributed by atoms with Gasteiger partial charge in [0.2, 0.25) is 0 Å². The lowest BCUT2D eigenvalue weighted by Crippen LogP contribution is -2.47. The lowest BCUT2D eigenvalue weighted by molar-refractivity contribution is -0.148. The van der Waals surface area contributed by atoms with E-state index in [4.69, 9.17) is 14.2 Å². The van der Waals surface area contributed by atoms with Crippen LogP contribution in [-0.4, -0.2) is 49.1 Å². The number of carbonyl (C=O) groups excluding carboxylic acids is 1. The van der Waals surface area contributed by atoms with Crippen molar-refractivity contribution in [3.63, 3.8) is 0 Å². The van der Waals surface area contributed by atoms with Crippen molar-refractivity contribution in [2.75, 3.05) is 20.3 Å². The van der Waals surface area contributed by atoms with E-state index in [0.29, 0.717) is 25.3 Å². The summed E-state index contributed by atoms with van der Waals surface area (Å²) in [5.41, 5.74) is 1.48. The van der Waals surface area contributed by atoms with Crippen LogP contribution >= 0.6 is 0 Å². The summed E-state index contributed by atoms with van der Waals surface area (Å²) in [6.45, 7) is 13.1. The molecule has 1 heterocycles. The third-order valence-corrected chi connectivity index (χ3v) is 4.17. The van der Waals surface area contributed by atoms with Gasteiger partial charge in [-0.15, -0.1) is 6.58 Å². The number of methoxy groups -OCH3 is 1. The second-order valence-electron chi connectivity index (χ2n) is 6.53. The van der Waals surface area contributed by atoms with Crippen LogP contribution in [0.5, 0.6) is 0 Å². The molecule has 5 heteroatoms. The molecule has 1 fully saturated rings. The minimum atomic E-state index is -0.689. The molecule has 1 aromatic carbocycles. The van der Waals surface area contributed by atoms with E-state index in [9.17, 15) is 4.79 Å². The monoisotopic (exact) mass is 345 g/mol. The maximum atomic E-state index is 12.2. The summed E-state index contributed by atoms with van der Waals surface area (Å²) >= 11 is 0. The highest BCUT2D eigenvalue weighted by Crippen LogP contribution is 2.30. The zero-order valence-electron chi connectivity index (χ0n) is 15.2. The molecule has 0 amide bonds. The molecule has 25 heavy (non-hydrogen) atoms. The average molecular weight is 345 g/mol. The quantitative estimate of drug-likeness (QED) is 0.412. The van der Waals surface area contributed by atoms with Crippen LogP contribution in [0.4, 0.5) is 0 Å². The lowest BCUT2D eigenvalue weighted by Gasteiger charge is -2.35. The molecule has 1 aromatic rings. The second-order valence-corrected chi connectivity index (χ2v) is 6.53. The Balaban J connectivity index is 2.30. The van der Waals surface area contributed by atoms with Gasteiger partial charge in [-0.05, 0) is 19.4 Å². The van der Waals surface area contributed by atoms with Crippen LogP contribution in [0, 0.1) is 0 Å². The van der Waals surface area contributed by atoms with E-state index in [0.717, 1.165) is 5.56 Å². The van der Waals surface area contributed by atoms with Gasteiger partial charge in [0, 0.05) is 18.7 Å². The Morgan fingerprint density at radius 2 is 2.12 bits per heavy atom. The summed E-state index contributed by atoms with van der Waals surface area (Å²) in [6.07, 6.45) is 1.49. The van der Waals surface area contributed by atoms with Crippen molar-refractivity contribution < 1.29 is 19.0 Å². The van der Waals surface area contributed by atoms with Gasteiger partial charge in [-0.25, -0.2) is 4.79 Å². The summed E-state index contributed by atoms with van der Waals surface area (Å²) < 4.78 is 16.6. The van der Waals surface area contributed by atoms with E-state index >= 15 is 0 Å². The molecule has 136 valence electrons. The third kappa shape index (κ3) is 5.01. The van der Waals surface area contributed by atoms with Crippen LogP contribution in [0.1, 0.15) is 19.4 Å². The van der Waals surface area contributed by atoms with Crippen LogP contribution in [0.3, 0.4) is 0 Å². The van der Waals surface area contributed by atoms with E-state index in [-0.39, 0.29) is 12.1 Å². The van der Waals surface area contributed by atoms with E-state index in [1.54, 1.807) is 6.08 Å². The summed E-state index contributed by atoms with van der Waals surface area (Å²) in [4.78, 5) is 14.3. The highest BCUT2D eigenvalue weighted by Gasteiger charge is 2.42. The topological polar surface area (TPSA) is 48.0 Å². The maximum Gasteiger partial charge on any atom is 0.334 e.